The molecule has 2 aromatic heterocycles. The Kier molecular flexibility index (Phi) is 5.91. The van der Waals surface area contributed by atoms with Gasteiger partial charge >= 0.3 is 0 Å². The number of nitrogens with two attached hydrogens (primary N) is 1. The highest BCUT2D eigenvalue weighted by molar-refractivity contribution is 5.78. The average molecular weight is 444 g/mol. The summed E-state index contributed by atoms with van der Waals surface area (Å²) in [6.07, 6.45) is -0.877. The predicted octanol–water partition coefficient (Wildman–Crippen LogP) is 1.19. The lowest BCUT2D eigenvalue weighted by molar-refractivity contribution is -0.384. The van der Waals surface area contributed by atoms with Crippen LogP contribution in [0.1, 0.15) is 32.4 Å². The third-order valence-electron chi connectivity index (χ3n) is 5.55. The number of anilines is 1. The van der Waals surface area contributed by atoms with Gasteiger partial charge < -0.3 is 20.7 Å². The fourth-order valence-corrected chi connectivity index (χ4v) is 3.88. The number of hydrogen-bond donors (Lipinski definition) is 3. The van der Waals surface area contributed by atoms with Gasteiger partial charge in [0, 0.05) is 30.7 Å². The Bertz CT molecular complexity index is 1220. The molecule has 0 saturated carbocycles. The van der Waals surface area contributed by atoms with Crippen LogP contribution in [0.15, 0.2) is 29.1 Å². The van der Waals surface area contributed by atoms with E-state index in [1.807, 2.05) is 6.92 Å². The van der Waals surface area contributed by atoms with Crippen LogP contribution >= 0.6 is 0 Å². The molecule has 4 rings (SSSR count). The van der Waals surface area contributed by atoms with Crippen molar-refractivity contribution in [3.05, 3.63) is 44.7 Å². The molecule has 1 fully saturated rings. The van der Waals surface area contributed by atoms with Crippen molar-refractivity contribution in [2.75, 3.05) is 12.3 Å². The topological polar surface area (TPSA) is 172 Å². The summed E-state index contributed by atoms with van der Waals surface area (Å²) in [6.45, 7) is 1.98. The van der Waals surface area contributed by atoms with Crippen LogP contribution in [0.4, 0.5) is 11.6 Å². The molecule has 170 valence electrons. The van der Waals surface area contributed by atoms with Crippen LogP contribution < -0.4 is 11.3 Å². The van der Waals surface area contributed by atoms with E-state index in [0.717, 1.165) is 12.8 Å². The summed E-state index contributed by atoms with van der Waals surface area (Å²) in [5.74, 6) is 0.233. The third kappa shape index (κ3) is 3.72. The molecule has 3 heterocycles. The first-order valence-electron chi connectivity index (χ1n) is 10.3. The molecular formula is C20H24N6O6. The van der Waals surface area contributed by atoms with Gasteiger partial charge in [0.2, 0.25) is 5.95 Å². The highest BCUT2D eigenvalue weighted by Crippen LogP contribution is 2.35. The van der Waals surface area contributed by atoms with Gasteiger partial charge in [-0.25, -0.2) is 4.98 Å². The summed E-state index contributed by atoms with van der Waals surface area (Å²) < 4.78 is 8.65. The number of aliphatic hydroxyl groups is 2. The number of nitro benzene ring substituents is 1. The molecule has 12 heteroatoms. The van der Waals surface area contributed by atoms with Gasteiger partial charge in [0.05, 0.1) is 17.6 Å². The standard InChI is InChI=1S/C20H24N6O6/c1-2-3-7-24-19(29)16-18(23-20(24)21)25(15-9-13(28)14(10-27)32-15)17(22-16)11-5-4-6-12(8-11)26(30)31/h4-6,8,13-15,27-28H,2-3,7,9-10H2,1H3,(H2,21,23)/t13-,14+,15+/m0/s1. The molecule has 0 unspecified atom stereocenters. The summed E-state index contributed by atoms with van der Waals surface area (Å²) >= 11 is 0. The molecule has 12 nitrogen and oxygen atoms in total. The molecular weight excluding hydrogens is 420 g/mol. The molecule has 3 aromatic rings. The molecule has 0 spiro atoms. The second-order valence-corrected chi connectivity index (χ2v) is 7.68. The van der Waals surface area contributed by atoms with Crippen molar-refractivity contribution >= 4 is 22.8 Å². The SMILES string of the molecule is CCCCn1c(N)nc2c(nc(-c3cccc([N+](=O)[O-])c3)n2[C@H]2C[C@H](O)[C@@H](CO)O2)c1=O. The van der Waals surface area contributed by atoms with Gasteiger partial charge in [0.15, 0.2) is 11.2 Å². The normalized spacial score (nSPS) is 20.8. The van der Waals surface area contributed by atoms with Crippen molar-refractivity contribution < 1.29 is 19.9 Å². The fourth-order valence-electron chi connectivity index (χ4n) is 3.88. The molecule has 3 atom stereocenters. The minimum atomic E-state index is -0.942. The maximum absolute atomic E-state index is 13.2. The zero-order valence-corrected chi connectivity index (χ0v) is 17.4. The number of unbranched alkanes of at least 4 members (excludes halogenated alkanes) is 1. The highest BCUT2D eigenvalue weighted by Gasteiger charge is 2.37. The van der Waals surface area contributed by atoms with Crippen molar-refractivity contribution in [1.29, 1.82) is 0 Å². The van der Waals surface area contributed by atoms with Crippen LogP contribution in [0, 0.1) is 10.1 Å². The lowest BCUT2D eigenvalue weighted by Crippen LogP contribution is -2.25. The number of ether oxygens (including phenoxy) is 1. The van der Waals surface area contributed by atoms with Gasteiger partial charge in [-0.3, -0.25) is 24.0 Å². The zero-order valence-electron chi connectivity index (χ0n) is 17.4. The van der Waals surface area contributed by atoms with E-state index in [9.17, 15) is 25.1 Å². The number of non-ortho nitro benzene ring substituents is 1. The van der Waals surface area contributed by atoms with Gasteiger partial charge in [-0.1, -0.05) is 25.5 Å². The van der Waals surface area contributed by atoms with Gasteiger partial charge in [0.25, 0.3) is 11.2 Å². The van der Waals surface area contributed by atoms with Crippen LogP contribution in [0.2, 0.25) is 0 Å². The monoisotopic (exact) mass is 444 g/mol. The Labute approximate surface area is 182 Å². The van der Waals surface area contributed by atoms with E-state index in [1.54, 1.807) is 6.07 Å². The summed E-state index contributed by atoms with van der Waals surface area (Å²) in [4.78, 5) is 32.8. The van der Waals surface area contributed by atoms with Crippen molar-refractivity contribution in [2.24, 2.45) is 0 Å². The first kappa shape index (κ1) is 21.9. The molecule has 0 amide bonds. The Morgan fingerprint density at radius 1 is 1.38 bits per heavy atom. The minimum absolute atomic E-state index is 0.0138. The predicted molar refractivity (Wildman–Crippen MR) is 115 cm³/mol. The second-order valence-electron chi connectivity index (χ2n) is 7.68. The number of aromatic nitrogens is 4. The van der Waals surface area contributed by atoms with E-state index in [-0.39, 0.29) is 35.0 Å². The van der Waals surface area contributed by atoms with Gasteiger partial charge in [-0.15, -0.1) is 0 Å². The number of nitrogens with zero attached hydrogens (tertiary/aromatic N) is 5. The third-order valence-corrected chi connectivity index (χ3v) is 5.55. The van der Waals surface area contributed by atoms with Gasteiger partial charge in [0.1, 0.15) is 18.2 Å². The fraction of sp³-hybridized carbons (Fsp3) is 0.450. The van der Waals surface area contributed by atoms with E-state index in [2.05, 4.69) is 9.97 Å². The Morgan fingerprint density at radius 2 is 2.16 bits per heavy atom. The van der Waals surface area contributed by atoms with Gasteiger partial charge in [-0.2, -0.15) is 4.98 Å². The van der Waals surface area contributed by atoms with Crippen molar-refractivity contribution in [3.8, 4) is 11.4 Å². The largest absolute Gasteiger partial charge is 0.394 e. The molecule has 0 bridgehead atoms. The molecule has 32 heavy (non-hydrogen) atoms. The van der Waals surface area contributed by atoms with Crippen LogP contribution in [0.5, 0.6) is 0 Å². The zero-order chi connectivity index (χ0) is 23.0. The lowest BCUT2D eigenvalue weighted by atomic mass is 10.1. The second kappa shape index (κ2) is 8.65. The first-order chi connectivity index (χ1) is 15.3. The summed E-state index contributed by atoms with van der Waals surface area (Å²) in [5, 5.41) is 31.0. The number of aliphatic hydroxyl groups excluding tert-OH is 2. The molecule has 0 aliphatic carbocycles. The number of nitrogen functional groups attached to an aromatic ring is 1. The van der Waals surface area contributed by atoms with E-state index in [1.165, 1.54) is 27.3 Å². The highest BCUT2D eigenvalue weighted by atomic mass is 16.6. The van der Waals surface area contributed by atoms with E-state index in [0.29, 0.717) is 12.1 Å². The maximum Gasteiger partial charge on any atom is 0.283 e. The first-order valence-corrected chi connectivity index (χ1v) is 10.3. The van der Waals surface area contributed by atoms with Crippen LogP contribution in [0.25, 0.3) is 22.6 Å². The lowest BCUT2D eigenvalue weighted by Gasteiger charge is -2.17. The molecule has 1 aliphatic rings. The number of imidazole rings is 1. The molecule has 4 N–H and O–H groups in total. The van der Waals surface area contributed by atoms with E-state index >= 15 is 0 Å². The Balaban J connectivity index is 1.96. The molecule has 1 aliphatic heterocycles. The Morgan fingerprint density at radius 3 is 2.81 bits per heavy atom. The van der Waals surface area contributed by atoms with Crippen LogP contribution in [-0.4, -0.2) is 53.1 Å². The number of benzene rings is 1. The summed E-state index contributed by atoms with van der Waals surface area (Å²) in [5.41, 5.74) is 6.08. The van der Waals surface area contributed by atoms with Crippen molar-refractivity contribution in [2.45, 2.75) is 51.2 Å². The molecule has 0 radical (unpaired) electrons. The Hall–Kier alpha value is -3.35. The number of hydrogen-bond acceptors (Lipinski definition) is 9. The number of nitro groups is 1. The quantitative estimate of drug-likeness (QED) is 0.357. The van der Waals surface area contributed by atoms with E-state index in [4.69, 9.17) is 10.5 Å². The van der Waals surface area contributed by atoms with Crippen molar-refractivity contribution in [3.63, 3.8) is 0 Å². The smallest absolute Gasteiger partial charge is 0.283 e. The average Bonchev–Trinajstić information content (AvgIpc) is 3.33. The number of fused-ring (bicyclic) bond motifs is 1. The molecule has 1 saturated heterocycles. The van der Waals surface area contributed by atoms with Crippen LogP contribution in [-0.2, 0) is 11.3 Å². The maximum atomic E-state index is 13.2. The van der Waals surface area contributed by atoms with E-state index < -0.39 is 35.5 Å². The van der Waals surface area contributed by atoms with Gasteiger partial charge in [-0.05, 0) is 6.42 Å². The summed E-state index contributed by atoms with van der Waals surface area (Å²) in [6, 6.07) is 5.83. The molecule has 1 aromatic carbocycles. The minimum Gasteiger partial charge on any atom is -0.394 e. The number of rotatable bonds is 7. The van der Waals surface area contributed by atoms with Crippen LogP contribution in [0.3, 0.4) is 0 Å². The van der Waals surface area contributed by atoms with Crippen molar-refractivity contribution in [1.82, 2.24) is 19.1 Å². The summed E-state index contributed by atoms with van der Waals surface area (Å²) in [7, 11) is 0.